The Bertz CT molecular complexity index is 770. The van der Waals surface area contributed by atoms with Gasteiger partial charge >= 0.3 is 0 Å². The summed E-state index contributed by atoms with van der Waals surface area (Å²) in [5.41, 5.74) is 1.66. The SMILES string of the molecule is COc1ccccc1N1CCN(/N=C/c2ccccc2[N+](=O)[O-])CC1. The third-order valence-corrected chi connectivity index (χ3v) is 4.18. The number of ether oxygens (including phenoxy) is 1. The maximum Gasteiger partial charge on any atom is 0.278 e. The molecule has 1 aliphatic heterocycles. The summed E-state index contributed by atoms with van der Waals surface area (Å²) in [6, 6.07) is 14.6. The van der Waals surface area contributed by atoms with Crippen molar-refractivity contribution in [2.45, 2.75) is 0 Å². The van der Waals surface area contributed by atoms with Crippen molar-refractivity contribution in [2.75, 3.05) is 38.2 Å². The molecule has 0 unspecified atom stereocenters. The van der Waals surface area contributed by atoms with Crippen LogP contribution in [-0.2, 0) is 0 Å². The topological polar surface area (TPSA) is 71.2 Å². The van der Waals surface area contributed by atoms with Crippen molar-refractivity contribution in [2.24, 2.45) is 5.10 Å². The average Bonchev–Trinajstić information content (AvgIpc) is 2.67. The smallest absolute Gasteiger partial charge is 0.278 e. The summed E-state index contributed by atoms with van der Waals surface area (Å²) < 4.78 is 5.42. The molecule has 0 N–H and O–H groups in total. The molecule has 1 aliphatic rings. The van der Waals surface area contributed by atoms with Gasteiger partial charge in [0.25, 0.3) is 5.69 Å². The van der Waals surface area contributed by atoms with Crippen molar-refractivity contribution in [3.05, 3.63) is 64.2 Å². The molecule has 2 aromatic carbocycles. The van der Waals surface area contributed by atoms with Crippen LogP contribution in [0.4, 0.5) is 11.4 Å². The summed E-state index contributed by atoms with van der Waals surface area (Å²) in [6.07, 6.45) is 1.57. The van der Waals surface area contributed by atoms with Crippen molar-refractivity contribution in [1.82, 2.24) is 5.01 Å². The van der Waals surface area contributed by atoms with Crippen LogP contribution >= 0.6 is 0 Å². The van der Waals surface area contributed by atoms with E-state index in [0.29, 0.717) is 5.56 Å². The van der Waals surface area contributed by atoms with Crippen LogP contribution in [0.1, 0.15) is 5.56 Å². The maximum absolute atomic E-state index is 11.0. The number of anilines is 1. The molecule has 0 saturated carbocycles. The highest BCUT2D eigenvalue weighted by atomic mass is 16.6. The van der Waals surface area contributed by atoms with Gasteiger partial charge in [0.2, 0.25) is 0 Å². The van der Waals surface area contributed by atoms with Crippen LogP contribution in [0.5, 0.6) is 5.75 Å². The number of hydrogen-bond donors (Lipinski definition) is 0. The van der Waals surface area contributed by atoms with E-state index in [1.54, 1.807) is 31.5 Å². The van der Waals surface area contributed by atoms with E-state index in [2.05, 4.69) is 10.0 Å². The highest BCUT2D eigenvalue weighted by molar-refractivity contribution is 5.85. The minimum absolute atomic E-state index is 0.0684. The molecule has 0 radical (unpaired) electrons. The Morgan fingerprint density at radius 3 is 2.48 bits per heavy atom. The van der Waals surface area contributed by atoms with Crippen molar-refractivity contribution in [1.29, 1.82) is 0 Å². The fourth-order valence-electron chi connectivity index (χ4n) is 2.85. The molecule has 3 rings (SSSR count). The lowest BCUT2D eigenvalue weighted by Gasteiger charge is -2.35. The normalized spacial score (nSPS) is 14.8. The number of hydrogen-bond acceptors (Lipinski definition) is 6. The fourth-order valence-corrected chi connectivity index (χ4v) is 2.85. The Kier molecular flexibility index (Phi) is 5.13. The average molecular weight is 340 g/mol. The quantitative estimate of drug-likeness (QED) is 0.475. The van der Waals surface area contributed by atoms with Crippen molar-refractivity contribution in [3.8, 4) is 5.75 Å². The standard InChI is InChI=1S/C18H20N4O3/c1-25-18-9-5-4-8-17(18)20-10-12-21(13-11-20)19-14-15-6-2-3-7-16(15)22(23)24/h2-9,14H,10-13H2,1H3/b19-14+. The summed E-state index contributed by atoms with van der Waals surface area (Å²) in [5, 5.41) is 17.4. The molecule has 7 heteroatoms. The molecule has 0 spiro atoms. The number of rotatable bonds is 5. The second kappa shape index (κ2) is 7.65. The number of para-hydroxylation sites is 3. The second-order valence-corrected chi connectivity index (χ2v) is 5.67. The lowest BCUT2D eigenvalue weighted by atomic mass is 10.2. The summed E-state index contributed by atoms with van der Waals surface area (Å²) >= 11 is 0. The van der Waals surface area contributed by atoms with E-state index in [1.807, 2.05) is 29.3 Å². The summed E-state index contributed by atoms with van der Waals surface area (Å²) in [7, 11) is 1.67. The van der Waals surface area contributed by atoms with Crippen LogP contribution in [0, 0.1) is 10.1 Å². The van der Waals surface area contributed by atoms with E-state index >= 15 is 0 Å². The Morgan fingerprint density at radius 1 is 1.08 bits per heavy atom. The van der Waals surface area contributed by atoms with E-state index < -0.39 is 0 Å². The van der Waals surface area contributed by atoms with Crippen LogP contribution < -0.4 is 9.64 Å². The van der Waals surface area contributed by atoms with Gasteiger partial charge in [-0.3, -0.25) is 15.1 Å². The van der Waals surface area contributed by atoms with Crippen LogP contribution in [0.3, 0.4) is 0 Å². The van der Waals surface area contributed by atoms with E-state index in [4.69, 9.17) is 4.74 Å². The first-order chi connectivity index (χ1) is 12.2. The molecule has 7 nitrogen and oxygen atoms in total. The molecule has 0 bridgehead atoms. The van der Waals surface area contributed by atoms with Crippen molar-refractivity contribution in [3.63, 3.8) is 0 Å². The monoisotopic (exact) mass is 340 g/mol. The Morgan fingerprint density at radius 2 is 1.76 bits per heavy atom. The molecular weight excluding hydrogens is 320 g/mol. The number of nitrogens with zero attached hydrogens (tertiary/aromatic N) is 4. The highest BCUT2D eigenvalue weighted by Crippen LogP contribution is 2.28. The number of methoxy groups -OCH3 is 1. The minimum atomic E-state index is -0.388. The third kappa shape index (κ3) is 3.88. The summed E-state index contributed by atoms with van der Waals surface area (Å²) in [5.74, 6) is 0.861. The molecule has 1 saturated heterocycles. The molecule has 1 heterocycles. The number of piperazine rings is 1. The van der Waals surface area contributed by atoms with Gasteiger partial charge in [0.1, 0.15) is 5.75 Å². The Balaban J connectivity index is 1.64. The van der Waals surface area contributed by atoms with Gasteiger partial charge in [-0.2, -0.15) is 5.10 Å². The largest absolute Gasteiger partial charge is 0.495 e. The van der Waals surface area contributed by atoms with E-state index in [0.717, 1.165) is 37.6 Å². The molecule has 0 aromatic heterocycles. The van der Waals surface area contributed by atoms with Crippen molar-refractivity contribution < 1.29 is 9.66 Å². The van der Waals surface area contributed by atoms with E-state index in [1.165, 1.54) is 6.07 Å². The molecule has 25 heavy (non-hydrogen) atoms. The van der Waals surface area contributed by atoms with Crippen LogP contribution in [-0.4, -0.2) is 49.4 Å². The first-order valence-corrected chi connectivity index (χ1v) is 8.09. The predicted octanol–water partition coefficient (Wildman–Crippen LogP) is 2.76. The van der Waals surface area contributed by atoms with E-state index in [-0.39, 0.29) is 10.6 Å². The number of benzene rings is 2. The zero-order valence-electron chi connectivity index (χ0n) is 14.0. The second-order valence-electron chi connectivity index (χ2n) is 5.67. The first kappa shape index (κ1) is 16.8. The van der Waals surface area contributed by atoms with Crippen molar-refractivity contribution >= 4 is 17.6 Å². The number of nitro benzene ring substituents is 1. The van der Waals surface area contributed by atoms with Gasteiger partial charge in [-0.05, 0) is 18.2 Å². The first-order valence-electron chi connectivity index (χ1n) is 8.09. The minimum Gasteiger partial charge on any atom is -0.495 e. The van der Waals surface area contributed by atoms with Gasteiger partial charge in [0.15, 0.2) is 0 Å². The van der Waals surface area contributed by atoms with Crippen LogP contribution in [0.15, 0.2) is 53.6 Å². The van der Waals surface area contributed by atoms with Gasteiger partial charge in [0, 0.05) is 19.2 Å². The Labute approximate surface area is 146 Å². The lowest BCUT2D eigenvalue weighted by Crippen LogP contribution is -2.44. The summed E-state index contributed by atoms with van der Waals surface area (Å²) in [6.45, 7) is 3.12. The zero-order chi connectivity index (χ0) is 17.6. The molecule has 0 atom stereocenters. The number of nitro groups is 1. The molecule has 130 valence electrons. The fraction of sp³-hybridized carbons (Fsp3) is 0.278. The van der Waals surface area contributed by atoms with Gasteiger partial charge in [-0.1, -0.05) is 24.3 Å². The molecular formula is C18H20N4O3. The van der Waals surface area contributed by atoms with Gasteiger partial charge in [0.05, 0.1) is 42.6 Å². The van der Waals surface area contributed by atoms with Gasteiger partial charge < -0.3 is 9.64 Å². The molecule has 0 aliphatic carbocycles. The zero-order valence-corrected chi connectivity index (χ0v) is 14.0. The lowest BCUT2D eigenvalue weighted by molar-refractivity contribution is -0.385. The van der Waals surface area contributed by atoms with Crippen LogP contribution in [0.25, 0.3) is 0 Å². The van der Waals surface area contributed by atoms with Crippen LogP contribution in [0.2, 0.25) is 0 Å². The predicted molar refractivity (Wildman–Crippen MR) is 97.5 cm³/mol. The summed E-state index contributed by atoms with van der Waals surface area (Å²) in [4.78, 5) is 12.9. The number of hydrazone groups is 1. The highest BCUT2D eigenvalue weighted by Gasteiger charge is 2.18. The Hall–Kier alpha value is -3.09. The molecule has 2 aromatic rings. The molecule has 1 fully saturated rings. The molecule has 0 amide bonds. The maximum atomic E-state index is 11.0. The third-order valence-electron chi connectivity index (χ3n) is 4.18. The van der Waals surface area contributed by atoms with E-state index in [9.17, 15) is 10.1 Å². The van der Waals surface area contributed by atoms with Gasteiger partial charge in [-0.15, -0.1) is 0 Å². The van der Waals surface area contributed by atoms with Gasteiger partial charge in [-0.25, -0.2) is 0 Å².